The third-order valence-electron chi connectivity index (χ3n) is 3.06. The lowest BCUT2D eigenvalue weighted by Crippen LogP contribution is -2.24. The van der Waals surface area contributed by atoms with Gasteiger partial charge in [0.1, 0.15) is 5.52 Å². The SMILES string of the molecule is CC(C)(C)n1nnc(/C=C/c2nc3ccc(C(=O)O)cc3o2)n1. The van der Waals surface area contributed by atoms with Gasteiger partial charge in [0, 0.05) is 6.08 Å². The first-order valence-corrected chi connectivity index (χ1v) is 6.95. The number of fused-ring (bicyclic) bond motifs is 1. The van der Waals surface area contributed by atoms with Crippen LogP contribution in [0.25, 0.3) is 23.3 Å². The van der Waals surface area contributed by atoms with Crippen molar-refractivity contribution < 1.29 is 14.3 Å². The Bertz CT molecular complexity index is 901. The van der Waals surface area contributed by atoms with Crippen molar-refractivity contribution in [1.29, 1.82) is 0 Å². The second-order valence-corrected chi connectivity index (χ2v) is 5.98. The molecule has 0 spiro atoms. The minimum absolute atomic E-state index is 0.152. The summed E-state index contributed by atoms with van der Waals surface area (Å²) in [5, 5.41) is 21.1. The molecule has 1 aromatic carbocycles. The number of oxazole rings is 1. The molecule has 8 nitrogen and oxygen atoms in total. The van der Waals surface area contributed by atoms with Gasteiger partial charge in [-0.05, 0) is 50.3 Å². The van der Waals surface area contributed by atoms with Crippen LogP contribution in [0, 0.1) is 0 Å². The normalized spacial score (nSPS) is 12.3. The molecule has 118 valence electrons. The fourth-order valence-electron chi connectivity index (χ4n) is 1.87. The Morgan fingerprint density at radius 3 is 2.74 bits per heavy atom. The third-order valence-corrected chi connectivity index (χ3v) is 3.06. The Morgan fingerprint density at radius 1 is 1.30 bits per heavy atom. The Morgan fingerprint density at radius 2 is 2.09 bits per heavy atom. The summed E-state index contributed by atoms with van der Waals surface area (Å²) in [5.74, 6) is -0.230. The van der Waals surface area contributed by atoms with Crippen LogP contribution >= 0.6 is 0 Å². The molecule has 0 bridgehead atoms. The number of aromatic nitrogens is 5. The van der Waals surface area contributed by atoms with E-state index in [1.54, 1.807) is 18.2 Å². The molecule has 0 aliphatic rings. The fraction of sp³-hybridized carbons (Fsp3) is 0.267. The minimum Gasteiger partial charge on any atom is -0.478 e. The maximum absolute atomic E-state index is 10.9. The number of benzene rings is 1. The Balaban J connectivity index is 1.86. The standard InChI is InChI=1S/C15H15N5O3/c1-15(2,3)20-18-12(17-19-20)6-7-13-16-10-5-4-9(14(21)22)8-11(10)23-13/h4-8H,1-3H3,(H,21,22)/b7-6+. The average molecular weight is 313 g/mol. The molecule has 0 aliphatic heterocycles. The van der Waals surface area contributed by atoms with Crippen molar-refractivity contribution in [2.75, 3.05) is 0 Å². The van der Waals surface area contributed by atoms with Gasteiger partial charge in [0.25, 0.3) is 0 Å². The predicted molar refractivity (Wildman–Crippen MR) is 82.7 cm³/mol. The summed E-state index contributed by atoms with van der Waals surface area (Å²) in [6, 6.07) is 4.53. The molecule has 1 N–H and O–H groups in total. The van der Waals surface area contributed by atoms with E-state index < -0.39 is 5.97 Å². The predicted octanol–water partition coefficient (Wildman–Crippen LogP) is 2.44. The lowest BCUT2D eigenvalue weighted by atomic mass is 10.1. The summed E-state index contributed by atoms with van der Waals surface area (Å²) in [6.45, 7) is 5.93. The molecule has 2 heterocycles. The Kier molecular flexibility index (Phi) is 3.44. The molecule has 0 radical (unpaired) electrons. The van der Waals surface area contributed by atoms with Crippen molar-refractivity contribution in [3.63, 3.8) is 0 Å². The molecule has 0 fully saturated rings. The highest BCUT2D eigenvalue weighted by Crippen LogP contribution is 2.19. The first-order chi connectivity index (χ1) is 10.8. The van der Waals surface area contributed by atoms with Gasteiger partial charge in [-0.1, -0.05) is 0 Å². The van der Waals surface area contributed by atoms with E-state index in [-0.39, 0.29) is 11.1 Å². The van der Waals surface area contributed by atoms with Crippen molar-refractivity contribution in [3.8, 4) is 0 Å². The number of hydrogen-bond donors (Lipinski definition) is 1. The molecule has 0 aliphatic carbocycles. The topological polar surface area (TPSA) is 107 Å². The molecule has 3 rings (SSSR count). The number of tetrazole rings is 1. The Labute approximate surface area is 131 Å². The largest absolute Gasteiger partial charge is 0.478 e. The summed E-state index contributed by atoms with van der Waals surface area (Å²) in [4.78, 5) is 16.7. The summed E-state index contributed by atoms with van der Waals surface area (Å²) in [6.07, 6.45) is 3.25. The lowest BCUT2D eigenvalue weighted by Gasteiger charge is -2.15. The van der Waals surface area contributed by atoms with Gasteiger partial charge in [0.05, 0.1) is 11.1 Å². The monoisotopic (exact) mass is 313 g/mol. The van der Waals surface area contributed by atoms with Crippen molar-refractivity contribution in [2.24, 2.45) is 0 Å². The van der Waals surface area contributed by atoms with Gasteiger partial charge in [-0.25, -0.2) is 9.78 Å². The fourth-order valence-corrected chi connectivity index (χ4v) is 1.87. The van der Waals surface area contributed by atoms with E-state index in [4.69, 9.17) is 9.52 Å². The van der Waals surface area contributed by atoms with E-state index in [0.29, 0.717) is 22.8 Å². The van der Waals surface area contributed by atoms with Crippen LogP contribution in [0.3, 0.4) is 0 Å². The minimum atomic E-state index is -1.01. The zero-order valence-corrected chi connectivity index (χ0v) is 12.9. The highest BCUT2D eigenvalue weighted by atomic mass is 16.4. The second-order valence-electron chi connectivity index (χ2n) is 5.98. The van der Waals surface area contributed by atoms with Gasteiger partial charge in [-0.2, -0.15) is 4.80 Å². The molecule has 0 saturated carbocycles. The summed E-state index contributed by atoms with van der Waals surface area (Å²) >= 11 is 0. The van der Waals surface area contributed by atoms with Gasteiger partial charge in [-0.3, -0.25) is 0 Å². The zero-order chi connectivity index (χ0) is 16.6. The first kappa shape index (κ1) is 14.9. The Hall–Kier alpha value is -3.03. The highest BCUT2D eigenvalue weighted by Gasteiger charge is 2.16. The molecule has 0 unspecified atom stereocenters. The van der Waals surface area contributed by atoms with Crippen LogP contribution in [0.5, 0.6) is 0 Å². The molecular formula is C15H15N5O3. The molecule has 2 aromatic heterocycles. The third kappa shape index (κ3) is 3.10. The van der Waals surface area contributed by atoms with E-state index in [1.807, 2.05) is 20.8 Å². The highest BCUT2D eigenvalue weighted by molar-refractivity contribution is 5.92. The van der Waals surface area contributed by atoms with Crippen LogP contribution in [0.2, 0.25) is 0 Å². The molecule has 0 atom stereocenters. The van der Waals surface area contributed by atoms with Crippen LogP contribution < -0.4 is 0 Å². The van der Waals surface area contributed by atoms with E-state index in [2.05, 4.69) is 20.4 Å². The van der Waals surface area contributed by atoms with Crippen molar-refractivity contribution >= 4 is 29.2 Å². The second kappa shape index (κ2) is 5.31. The summed E-state index contributed by atoms with van der Waals surface area (Å²) in [5.41, 5.74) is 0.903. The van der Waals surface area contributed by atoms with Crippen LogP contribution in [-0.2, 0) is 5.54 Å². The van der Waals surface area contributed by atoms with Crippen LogP contribution in [-0.4, -0.2) is 36.3 Å². The number of rotatable bonds is 3. The molecule has 0 saturated heterocycles. The zero-order valence-electron chi connectivity index (χ0n) is 12.9. The van der Waals surface area contributed by atoms with Gasteiger partial charge < -0.3 is 9.52 Å². The van der Waals surface area contributed by atoms with E-state index in [0.717, 1.165) is 0 Å². The lowest BCUT2D eigenvalue weighted by molar-refractivity contribution is 0.0697. The molecule has 8 heteroatoms. The van der Waals surface area contributed by atoms with E-state index in [9.17, 15) is 4.79 Å². The van der Waals surface area contributed by atoms with Crippen LogP contribution in [0.1, 0.15) is 42.8 Å². The van der Waals surface area contributed by atoms with Crippen LogP contribution in [0.15, 0.2) is 22.6 Å². The first-order valence-electron chi connectivity index (χ1n) is 6.95. The number of carboxylic acid groups (broad SMARTS) is 1. The number of carboxylic acids is 1. The van der Waals surface area contributed by atoms with Crippen molar-refractivity contribution in [1.82, 2.24) is 25.2 Å². The number of hydrogen-bond acceptors (Lipinski definition) is 6. The smallest absolute Gasteiger partial charge is 0.335 e. The van der Waals surface area contributed by atoms with E-state index in [1.165, 1.54) is 16.9 Å². The summed E-state index contributed by atoms with van der Waals surface area (Å²) in [7, 11) is 0. The van der Waals surface area contributed by atoms with Gasteiger partial charge in [0.2, 0.25) is 5.89 Å². The molecule has 0 amide bonds. The quantitative estimate of drug-likeness (QED) is 0.791. The number of nitrogens with zero attached hydrogens (tertiary/aromatic N) is 5. The van der Waals surface area contributed by atoms with Gasteiger partial charge in [-0.15, -0.1) is 10.2 Å². The molecular weight excluding hydrogens is 298 g/mol. The van der Waals surface area contributed by atoms with Crippen LogP contribution in [0.4, 0.5) is 0 Å². The maximum atomic E-state index is 10.9. The maximum Gasteiger partial charge on any atom is 0.335 e. The number of carbonyl (C=O) groups is 1. The molecule has 23 heavy (non-hydrogen) atoms. The van der Waals surface area contributed by atoms with E-state index >= 15 is 0 Å². The average Bonchev–Trinajstić information content (AvgIpc) is 3.10. The van der Waals surface area contributed by atoms with Crippen molar-refractivity contribution in [2.45, 2.75) is 26.3 Å². The van der Waals surface area contributed by atoms with Crippen molar-refractivity contribution in [3.05, 3.63) is 35.5 Å². The van der Waals surface area contributed by atoms with Gasteiger partial charge >= 0.3 is 5.97 Å². The summed E-state index contributed by atoms with van der Waals surface area (Å²) < 4.78 is 5.51. The number of aromatic carboxylic acids is 1. The van der Waals surface area contributed by atoms with Gasteiger partial charge in [0.15, 0.2) is 11.4 Å². The molecule has 3 aromatic rings.